The van der Waals surface area contributed by atoms with Crippen molar-refractivity contribution in [2.45, 2.75) is 38.0 Å². The molecule has 2 heteroatoms. The Labute approximate surface area is 354 Å². The fourth-order valence-electron chi connectivity index (χ4n) is 9.09. The summed E-state index contributed by atoms with van der Waals surface area (Å²) in [7, 11) is 0. The van der Waals surface area contributed by atoms with Gasteiger partial charge >= 0.3 is 0 Å². The maximum absolute atomic E-state index is 2.46. The van der Waals surface area contributed by atoms with E-state index in [1.165, 1.54) is 81.8 Å². The predicted molar refractivity (Wildman–Crippen MR) is 255 cm³/mol. The van der Waals surface area contributed by atoms with Gasteiger partial charge in [0, 0.05) is 34.0 Å². The third kappa shape index (κ3) is 7.73. The second-order valence-corrected chi connectivity index (χ2v) is 16.0. The van der Waals surface area contributed by atoms with Crippen LogP contribution in [0.25, 0.3) is 44.2 Å². The molecule has 290 valence electrons. The molecule has 0 N–H and O–H groups in total. The molecule has 0 amide bonds. The Hall–Kier alpha value is -7.16. The van der Waals surface area contributed by atoms with Gasteiger partial charge in [0.2, 0.25) is 0 Å². The average Bonchev–Trinajstić information content (AvgIpc) is 3.34. The molecule has 0 atom stereocenters. The molecule has 60 heavy (non-hydrogen) atoms. The first kappa shape index (κ1) is 37.1. The molecule has 0 spiro atoms. The molecule has 0 aliphatic heterocycles. The van der Waals surface area contributed by atoms with Crippen molar-refractivity contribution in [3.05, 3.63) is 230 Å². The van der Waals surface area contributed by atoms with Gasteiger partial charge in [-0.05, 0) is 136 Å². The lowest BCUT2D eigenvalue weighted by Crippen LogP contribution is -2.13. The molecule has 0 heterocycles. The van der Waals surface area contributed by atoms with Gasteiger partial charge in [-0.1, -0.05) is 171 Å². The summed E-state index contributed by atoms with van der Waals surface area (Å²) in [6.45, 7) is 0. The molecule has 0 unspecified atom stereocenters. The van der Waals surface area contributed by atoms with E-state index in [4.69, 9.17) is 0 Å². The van der Waals surface area contributed by atoms with Crippen LogP contribution in [-0.2, 0) is 0 Å². The number of rotatable bonds is 10. The summed E-state index contributed by atoms with van der Waals surface area (Å²) < 4.78 is 0. The zero-order chi connectivity index (χ0) is 40.1. The third-order valence-electron chi connectivity index (χ3n) is 12.2. The summed E-state index contributed by atoms with van der Waals surface area (Å²) in [5.41, 5.74) is 15.4. The second kappa shape index (κ2) is 17.0. The number of fused-ring (bicyclic) bond motifs is 1. The van der Waals surface area contributed by atoms with Gasteiger partial charge in [-0.15, -0.1) is 0 Å². The lowest BCUT2D eigenvalue weighted by Gasteiger charge is -2.30. The molecule has 9 aromatic rings. The Bertz CT molecular complexity index is 2710. The zero-order valence-electron chi connectivity index (χ0n) is 33.9. The Kier molecular flexibility index (Phi) is 10.5. The van der Waals surface area contributed by atoms with Gasteiger partial charge in [-0.25, -0.2) is 0 Å². The van der Waals surface area contributed by atoms with Crippen molar-refractivity contribution < 1.29 is 0 Å². The van der Waals surface area contributed by atoms with Gasteiger partial charge in [0.05, 0.1) is 5.69 Å². The summed E-state index contributed by atoms with van der Waals surface area (Å²) in [4.78, 5) is 4.82. The standard InChI is InChI=1S/C58H48N2/c1-5-15-43(16-6-1)46-25-31-52(32-26-46)59(53-33-27-47(28-34-53)44-17-7-2-8-18-44)54-37-39-56(40-38-54)60(55-35-29-48(30-36-55)45-19-9-3-10-20-45)58-42-51-24-14-13-23-50(51)41-57(58)49-21-11-4-12-22-49/h1-2,4-8,11-18,21-42,45H,3,9-10,19-20H2. The van der Waals surface area contributed by atoms with E-state index >= 15 is 0 Å². The van der Waals surface area contributed by atoms with E-state index in [1.54, 1.807) is 0 Å². The lowest BCUT2D eigenvalue weighted by molar-refractivity contribution is 0.443. The third-order valence-corrected chi connectivity index (χ3v) is 12.2. The number of benzene rings is 9. The van der Waals surface area contributed by atoms with Crippen molar-refractivity contribution in [1.29, 1.82) is 0 Å². The molecule has 10 rings (SSSR count). The monoisotopic (exact) mass is 772 g/mol. The first-order chi connectivity index (χ1) is 29.7. The van der Waals surface area contributed by atoms with Crippen LogP contribution in [0.2, 0.25) is 0 Å². The minimum absolute atomic E-state index is 0.649. The SMILES string of the molecule is c1ccc(-c2ccc(N(c3ccc(-c4ccccc4)cc3)c3ccc(N(c4ccc(C5CCCCC5)cc4)c4cc5ccccc5cc4-c4ccccc4)cc3)cc2)cc1. The maximum Gasteiger partial charge on any atom is 0.0546 e. The Balaban J connectivity index is 1.09. The van der Waals surface area contributed by atoms with Gasteiger partial charge in [0.1, 0.15) is 0 Å². The summed E-state index contributed by atoms with van der Waals surface area (Å²) in [5.74, 6) is 0.649. The first-order valence-corrected chi connectivity index (χ1v) is 21.4. The summed E-state index contributed by atoms with van der Waals surface area (Å²) in [6.07, 6.45) is 6.58. The Morgan fingerprint density at radius 2 is 0.667 bits per heavy atom. The van der Waals surface area contributed by atoms with E-state index in [0.29, 0.717) is 5.92 Å². The lowest BCUT2D eigenvalue weighted by atomic mass is 9.84. The van der Waals surface area contributed by atoms with E-state index < -0.39 is 0 Å². The summed E-state index contributed by atoms with van der Waals surface area (Å²) in [5, 5.41) is 2.45. The maximum atomic E-state index is 2.46. The van der Waals surface area contributed by atoms with Crippen LogP contribution in [0.3, 0.4) is 0 Å². The molecule has 2 nitrogen and oxygen atoms in total. The van der Waals surface area contributed by atoms with Gasteiger partial charge < -0.3 is 9.80 Å². The van der Waals surface area contributed by atoms with Crippen molar-refractivity contribution in [2.75, 3.05) is 9.80 Å². The minimum Gasteiger partial charge on any atom is -0.311 e. The van der Waals surface area contributed by atoms with Crippen LogP contribution in [0, 0.1) is 0 Å². The van der Waals surface area contributed by atoms with E-state index in [0.717, 1.165) is 34.1 Å². The topological polar surface area (TPSA) is 6.48 Å². The van der Waals surface area contributed by atoms with Gasteiger partial charge in [0.25, 0.3) is 0 Å². The van der Waals surface area contributed by atoms with Crippen LogP contribution >= 0.6 is 0 Å². The van der Waals surface area contributed by atoms with Crippen LogP contribution in [0.4, 0.5) is 34.1 Å². The molecule has 0 bridgehead atoms. The molecule has 0 aromatic heterocycles. The Morgan fingerprint density at radius 1 is 0.300 bits per heavy atom. The Morgan fingerprint density at radius 3 is 1.15 bits per heavy atom. The molecule has 1 aliphatic rings. The second-order valence-electron chi connectivity index (χ2n) is 16.0. The van der Waals surface area contributed by atoms with E-state index in [9.17, 15) is 0 Å². The molecule has 0 saturated heterocycles. The van der Waals surface area contributed by atoms with Crippen molar-refractivity contribution in [2.24, 2.45) is 0 Å². The predicted octanol–water partition coefficient (Wildman–Crippen LogP) is 16.8. The van der Waals surface area contributed by atoms with E-state index in [1.807, 2.05) is 0 Å². The number of nitrogens with zero attached hydrogens (tertiary/aromatic N) is 2. The highest BCUT2D eigenvalue weighted by Gasteiger charge is 2.22. The highest BCUT2D eigenvalue weighted by Crippen LogP contribution is 2.45. The fourth-order valence-corrected chi connectivity index (χ4v) is 9.09. The van der Waals surface area contributed by atoms with Gasteiger partial charge in [-0.3, -0.25) is 0 Å². The van der Waals surface area contributed by atoms with Crippen molar-refractivity contribution in [3.63, 3.8) is 0 Å². The molecular formula is C58H48N2. The van der Waals surface area contributed by atoms with Gasteiger partial charge in [-0.2, -0.15) is 0 Å². The quantitative estimate of drug-likeness (QED) is 0.137. The van der Waals surface area contributed by atoms with E-state index in [2.05, 4.69) is 234 Å². The van der Waals surface area contributed by atoms with Crippen molar-refractivity contribution >= 4 is 44.9 Å². The van der Waals surface area contributed by atoms with Crippen LogP contribution in [0.15, 0.2) is 224 Å². The number of hydrogen-bond donors (Lipinski definition) is 0. The van der Waals surface area contributed by atoms with Crippen molar-refractivity contribution in [3.8, 4) is 33.4 Å². The molecule has 9 aromatic carbocycles. The average molecular weight is 773 g/mol. The summed E-state index contributed by atoms with van der Waals surface area (Å²) in [6, 6.07) is 81.9. The largest absolute Gasteiger partial charge is 0.311 e. The molecule has 1 aliphatic carbocycles. The van der Waals surface area contributed by atoms with Crippen LogP contribution in [-0.4, -0.2) is 0 Å². The van der Waals surface area contributed by atoms with Crippen LogP contribution < -0.4 is 9.80 Å². The number of hydrogen-bond acceptors (Lipinski definition) is 2. The van der Waals surface area contributed by atoms with Gasteiger partial charge in [0.15, 0.2) is 0 Å². The summed E-state index contributed by atoms with van der Waals surface area (Å²) >= 11 is 0. The van der Waals surface area contributed by atoms with Crippen molar-refractivity contribution in [1.82, 2.24) is 0 Å². The molecular weight excluding hydrogens is 725 g/mol. The highest BCUT2D eigenvalue weighted by molar-refractivity contribution is 5.98. The highest BCUT2D eigenvalue weighted by atomic mass is 15.2. The smallest absolute Gasteiger partial charge is 0.0546 e. The minimum atomic E-state index is 0.649. The fraction of sp³-hybridized carbons (Fsp3) is 0.103. The first-order valence-electron chi connectivity index (χ1n) is 21.4. The van der Waals surface area contributed by atoms with Crippen LogP contribution in [0.5, 0.6) is 0 Å². The molecule has 0 radical (unpaired) electrons. The molecule has 1 fully saturated rings. The van der Waals surface area contributed by atoms with E-state index in [-0.39, 0.29) is 0 Å². The molecule has 1 saturated carbocycles. The normalized spacial score (nSPS) is 12.9. The van der Waals surface area contributed by atoms with Crippen LogP contribution in [0.1, 0.15) is 43.6 Å². The number of anilines is 6. The zero-order valence-corrected chi connectivity index (χ0v) is 33.9.